The standard InChI is InChI=1S/C22H29FN6O3/c23-22(15-30)10-1-11-28(14-22)18-4-2-17(3-5-18)25-21-19(29(31)32)6-7-20(26-21)27-12-8-16(24)9-13-27/h2-7,16,30H,1,8-15,24H2,(H,25,26). The van der Waals surface area contributed by atoms with Crippen molar-refractivity contribution in [1.29, 1.82) is 0 Å². The van der Waals surface area contributed by atoms with Crippen molar-refractivity contribution >= 4 is 28.7 Å². The zero-order valence-electron chi connectivity index (χ0n) is 17.9. The number of benzene rings is 1. The third-order valence-corrected chi connectivity index (χ3v) is 6.23. The van der Waals surface area contributed by atoms with Gasteiger partial charge < -0.3 is 26.0 Å². The van der Waals surface area contributed by atoms with Crippen LogP contribution < -0.4 is 20.9 Å². The number of hydrogen-bond donors (Lipinski definition) is 3. The average Bonchev–Trinajstić information content (AvgIpc) is 2.80. The number of pyridine rings is 1. The van der Waals surface area contributed by atoms with Gasteiger partial charge in [-0.3, -0.25) is 10.1 Å². The predicted molar refractivity (Wildman–Crippen MR) is 122 cm³/mol. The van der Waals surface area contributed by atoms with Gasteiger partial charge in [-0.2, -0.15) is 0 Å². The highest BCUT2D eigenvalue weighted by Crippen LogP contribution is 2.32. The van der Waals surface area contributed by atoms with Crippen LogP contribution in [0.1, 0.15) is 25.7 Å². The van der Waals surface area contributed by atoms with Crippen LogP contribution in [0.2, 0.25) is 0 Å². The molecule has 1 aromatic heterocycles. The van der Waals surface area contributed by atoms with Gasteiger partial charge in [0, 0.05) is 43.1 Å². The van der Waals surface area contributed by atoms with E-state index in [0.717, 1.165) is 31.6 Å². The van der Waals surface area contributed by atoms with E-state index in [2.05, 4.69) is 15.2 Å². The zero-order valence-corrected chi connectivity index (χ0v) is 17.9. The molecule has 2 fully saturated rings. The molecular weight excluding hydrogens is 415 g/mol. The molecule has 2 aliphatic heterocycles. The first kappa shape index (κ1) is 22.2. The summed E-state index contributed by atoms with van der Waals surface area (Å²) in [5, 5.41) is 23.9. The van der Waals surface area contributed by atoms with Crippen molar-refractivity contribution in [2.45, 2.75) is 37.4 Å². The summed E-state index contributed by atoms with van der Waals surface area (Å²) in [5.74, 6) is 0.856. The van der Waals surface area contributed by atoms with E-state index in [-0.39, 0.29) is 24.1 Å². The van der Waals surface area contributed by atoms with Crippen LogP contribution in [0.15, 0.2) is 36.4 Å². The summed E-state index contributed by atoms with van der Waals surface area (Å²) in [7, 11) is 0. The lowest BCUT2D eigenvalue weighted by Gasteiger charge is -2.37. The van der Waals surface area contributed by atoms with Crippen LogP contribution in [0.25, 0.3) is 0 Å². The summed E-state index contributed by atoms with van der Waals surface area (Å²) in [6.45, 7) is 1.90. The van der Waals surface area contributed by atoms with Crippen molar-refractivity contribution in [2.24, 2.45) is 5.73 Å². The number of anilines is 4. The molecule has 1 aromatic carbocycles. The van der Waals surface area contributed by atoms with Crippen LogP contribution in [0.3, 0.4) is 0 Å². The maximum absolute atomic E-state index is 14.5. The second kappa shape index (κ2) is 9.25. The van der Waals surface area contributed by atoms with Crippen molar-refractivity contribution in [3.05, 3.63) is 46.5 Å². The minimum absolute atomic E-state index is 0.104. The lowest BCUT2D eigenvalue weighted by Crippen LogP contribution is -2.47. The van der Waals surface area contributed by atoms with E-state index in [1.807, 2.05) is 17.0 Å². The van der Waals surface area contributed by atoms with Gasteiger partial charge in [0.1, 0.15) is 5.82 Å². The lowest BCUT2D eigenvalue weighted by molar-refractivity contribution is -0.384. The number of nitrogens with one attached hydrogen (secondary N) is 1. The second-order valence-electron chi connectivity index (χ2n) is 8.62. The summed E-state index contributed by atoms with van der Waals surface area (Å²) in [6, 6.07) is 10.6. The van der Waals surface area contributed by atoms with Crippen molar-refractivity contribution in [1.82, 2.24) is 4.98 Å². The average molecular weight is 445 g/mol. The summed E-state index contributed by atoms with van der Waals surface area (Å²) in [5.41, 5.74) is 5.77. The number of hydrogen-bond acceptors (Lipinski definition) is 8. The fourth-order valence-electron chi connectivity index (χ4n) is 4.31. The highest BCUT2D eigenvalue weighted by atomic mass is 19.1. The molecule has 0 aliphatic carbocycles. The Balaban J connectivity index is 1.51. The molecule has 0 radical (unpaired) electrons. The molecule has 4 rings (SSSR count). The largest absolute Gasteiger partial charge is 0.393 e. The SMILES string of the molecule is NC1CCN(c2ccc([N+](=O)[O-])c(Nc3ccc(N4CCCC(F)(CO)C4)cc3)n2)CC1. The quantitative estimate of drug-likeness (QED) is 0.459. The van der Waals surface area contributed by atoms with Crippen molar-refractivity contribution in [2.75, 3.05) is 47.9 Å². The molecule has 2 aliphatic rings. The predicted octanol–water partition coefficient (Wildman–Crippen LogP) is 2.96. The topological polar surface area (TPSA) is 121 Å². The van der Waals surface area contributed by atoms with Gasteiger partial charge in [0.05, 0.1) is 18.1 Å². The van der Waals surface area contributed by atoms with Gasteiger partial charge in [0.25, 0.3) is 0 Å². The van der Waals surface area contributed by atoms with Crippen LogP contribution >= 0.6 is 0 Å². The number of rotatable bonds is 6. The molecule has 3 heterocycles. The zero-order chi connectivity index (χ0) is 22.7. The van der Waals surface area contributed by atoms with Crippen molar-refractivity contribution in [3.8, 4) is 0 Å². The van der Waals surface area contributed by atoms with Gasteiger partial charge in [-0.05, 0) is 56.0 Å². The minimum atomic E-state index is -1.58. The van der Waals surface area contributed by atoms with Gasteiger partial charge in [0.2, 0.25) is 5.82 Å². The second-order valence-corrected chi connectivity index (χ2v) is 8.62. The fourth-order valence-corrected chi connectivity index (χ4v) is 4.31. The Bertz CT molecular complexity index is 951. The first-order chi connectivity index (χ1) is 15.4. The number of nitrogens with two attached hydrogens (primary N) is 1. The highest BCUT2D eigenvalue weighted by Gasteiger charge is 2.35. The highest BCUT2D eigenvalue weighted by molar-refractivity contribution is 5.69. The van der Waals surface area contributed by atoms with Gasteiger partial charge in [-0.15, -0.1) is 0 Å². The minimum Gasteiger partial charge on any atom is -0.393 e. The molecule has 2 aromatic rings. The number of nitro groups is 1. The first-order valence-corrected chi connectivity index (χ1v) is 10.9. The smallest absolute Gasteiger partial charge is 0.311 e. The summed E-state index contributed by atoms with van der Waals surface area (Å²) >= 11 is 0. The Kier molecular flexibility index (Phi) is 6.43. The molecule has 2 saturated heterocycles. The summed E-state index contributed by atoms with van der Waals surface area (Å²) in [6.07, 6.45) is 2.74. The van der Waals surface area contributed by atoms with Crippen molar-refractivity contribution in [3.63, 3.8) is 0 Å². The fraction of sp³-hybridized carbons (Fsp3) is 0.500. The van der Waals surface area contributed by atoms with E-state index in [0.29, 0.717) is 30.9 Å². The number of alkyl halides is 1. The molecule has 0 bridgehead atoms. The molecule has 0 spiro atoms. The number of nitrogens with zero attached hydrogens (tertiary/aromatic N) is 4. The van der Waals surface area contributed by atoms with Gasteiger partial charge in [-0.1, -0.05) is 0 Å². The van der Waals surface area contributed by atoms with Crippen LogP contribution in [-0.2, 0) is 0 Å². The number of piperidine rings is 2. The third-order valence-electron chi connectivity index (χ3n) is 6.23. The Morgan fingerprint density at radius 2 is 1.91 bits per heavy atom. The summed E-state index contributed by atoms with van der Waals surface area (Å²) in [4.78, 5) is 19.6. The number of halogens is 1. The van der Waals surface area contributed by atoms with E-state index in [4.69, 9.17) is 5.73 Å². The molecule has 172 valence electrons. The molecule has 1 unspecified atom stereocenters. The van der Waals surface area contributed by atoms with Gasteiger partial charge in [-0.25, -0.2) is 9.37 Å². The number of aromatic nitrogens is 1. The molecule has 1 atom stereocenters. The van der Waals surface area contributed by atoms with Gasteiger partial charge >= 0.3 is 5.69 Å². The maximum Gasteiger partial charge on any atom is 0.311 e. The molecular formula is C22H29FN6O3. The van der Waals surface area contributed by atoms with Crippen LogP contribution in [0.5, 0.6) is 0 Å². The molecule has 9 nitrogen and oxygen atoms in total. The molecule has 10 heteroatoms. The molecule has 0 amide bonds. The first-order valence-electron chi connectivity index (χ1n) is 10.9. The van der Waals surface area contributed by atoms with Crippen LogP contribution in [0.4, 0.5) is 33.1 Å². The van der Waals surface area contributed by atoms with Crippen molar-refractivity contribution < 1.29 is 14.4 Å². The van der Waals surface area contributed by atoms with E-state index < -0.39 is 17.2 Å². The normalized spacial score (nSPS) is 22.1. The van der Waals surface area contributed by atoms with Crippen LogP contribution in [0, 0.1) is 10.1 Å². The molecule has 0 saturated carbocycles. The molecule has 4 N–H and O–H groups in total. The van der Waals surface area contributed by atoms with Gasteiger partial charge in [0.15, 0.2) is 5.67 Å². The Morgan fingerprint density at radius 1 is 1.19 bits per heavy atom. The Labute approximate surface area is 186 Å². The van der Waals surface area contributed by atoms with E-state index in [9.17, 15) is 19.6 Å². The Morgan fingerprint density at radius 3 is 2.56 bits per heavy atom. The van der Waals surface area contributed by atoms with E-state index >= 15 is 0 Å². The summed E-state index contributed by atoms with van der Waals surface area (Å²) < 4.78 is 14.5. The lowest BCUT2D eigenvalue weighted by atomic mass is 9.95. The Hall–Kier alpha value is -2.98. The van der Waals surface area contributed by atoms with E-state index in [1.165, 1.54) is 6.07 Å². The maximum atomic E-state index is 14.5. The van der Waals surface area contributed by atoms with E-state index in [1.54, 1.807) is 18.2 Å². The number of aliphatic hydroxyl groups is 1. The molecule has 32 heavy (non-hydrogen) atoms. The third kappa shape index (κ3) is 4.91. The van der Waals surface area contributed by atoms with Crippen LogP contribution in [-0.4, -0.2) is 59.5 Å². The monoisotopic (exact) mass is 444 g/mol. The number of aliphatic hydroxyl groups excluding tert-OH is 1.